The lowest BCUT2D eigenvalue weighted by Gasteiger charge is -2.04. The van der Waals surface area contributed by atoms with Crippen LogP contribution in [0, 0.1) is 18.3 Å². The Hall–Kier alpha value is -1.00. The maximum atomic E-state index is 8.66. The Morgan fingerprint density at radius 1 is 1.50 bits per heavy atom. The molecule has 0 saturated carbocycles. The summed E-state index contributed by atoms with van der Waals surface area (Å²) in [5.74, 6) is -0.0805. The molecule has 0 aliphatic rings. The van der Waals surface area contributed by atoms with Crippen molar-refractivity contribution in [1.82, 2.24) is 0 Å². The molecule has 0 N–H and O–H groups in total. The van der Waals surface area contributed by atoms with Crippen molar-refractivity contribution in [3.05, 3.63) is 34.3 Å². The van der Waals surface area contributed by atoms with E-state index in [-0.39, 0.29) is 5.92 Å². The van der Waals surface area contributed by atoms with Gasteiger partial charge in [0.25, 0.3) is 0 Å². The highest BCUT2D eigenvalue weighted by molar-refractivity contribution is 6.31. The minimum atomic E-state index is -0.0805. The zero-order chi connectivity index (χ0) is 9.14. The lowest BCUT2D eigenvalue weighted by molar-refractivity contribution is 0.980. The molecule has 1 nitrogen and oxygen atoms in total. The van der Waals surface area contributed by atoms with Gasteiger partial charge < -0.3 is 0 Å². The van der Waals surface area contributed by atoms with Gasteiger partial charge in [0.1, 0.15) is 0 Å². The predicted octanol–water partition coefficient (Wildman–Crippen LogP) is 3.28. The molecule has 12 heavy (non-hydrogen) atoms. The number of nitrogens with zero attached hydrogens (tertiary/aromatic N) is 1. The first-order chi connectivity index (χ1) is 5.65. The Bertz CT molecular complexity index is 325. The molecule has 0 aliphatic heterocycles. The molecule has 0 radical (unpaired) electrons. The van der Waals surface area contributed by atoms with Crippen molar-refractivity contribution >= 4 is 11.6 Å². The van der Waals surface area contributed by atoms with Crippen molar-refractivity contribution in [2.75, 3.05) is 0 Å². The highest BCUT2D eigenvalue weighted by atomic mass is 35.5. The number of aryl methyl sites for hydroxylation is 1. The van der Waals surface area contributed by atoms with Crippen LogP contribution < -0.4 is 0 Å². The van der Waals surface area contributed by atoms with Crippen LogP contribution >= 0.6 is 11.6 Å². The second kappa shape index (κ2) is 3.60. The van der Waals surface area contributed by atoms with E-state index in [0.717, 1.165) is 16.1 Å². The first-order valence-electron chi connectivity index (χ1n) is 3.81. The van der Waals surface area contributed by atoms with Crippen LogP contribution in [-0.2, 0) is 0 Å². The molecule has 1 aromatic rings. The summed E-state index contributed by atoms with van der Waals surface area (Å²) in [6.45, 7) is 3.81. The zero-order valence-corrected chi connectivity index (χ0v) is 7.89. The van der Waals surface area contributed by atoms with E-state index in [2.05, 4.69) is 6.07 Å². The predicted molar refractivity (Wildman–Crippen MR) is 50.2 cm³/mol. The molecule has 0 aromatic heterocycles. The molecule has 1 unspecified atom stereocenters. The largest absolute Gasteiger partial charge is 0.198 e. The van der Waals surface area contributed by atoms with Gasteiger partial charge in [-0.1, -0.05) is 23.7 Å². The standard InChI is InChI=1S/C10H10ClN/c1-7-3-4-9(5-10(7)11)8(2)6-12/h3-5,8H,1-2H3. The van der Waals surface area contributed by atoms with Crippen molar-refractivity contribution in [2.45, 2.75) is 19.8 Å². The van der Waals surface area contributed by atoms with E-state index in [9.17, 15) is 0 Å². The summed E-state index contributed by atoms with van der Waals surface area (Å²) in [5, 5.41) is 9.39. The number of rotatable bonds is 1. The summed E-state index contributed by atoms with van der Waals surface area (Å²) in [5.41, 5.74) is 2.03. The van der Waals surface area contributed by atoms with Gasteiger partial charge in [0.15, 0.2) is 0 Å². The number of hydrogen-bond acceptors (Lipinski definition) is 1. The Morgan fingerprint density at radius 2 is 2.17 bits per heavy atom. The molecule has 2 heteroatoms. The number of nitriles is 1. The Balaban J connectivity index is 3.06. The van der Waals surface area contributed by atoms with Crippen molar-refractivity contribution in [2.24, 2.45) is 0 Å². The number of benzene rings is 1. The van der Waals surface area contributed by atoms with Gasteiger partial charge >= 0.3 is 0 Å². The number of hydrogen-bond donors (Lipinski definition) is 0. The topological polar surface area (TPSA) is 23.8 Å². The quantitative estimate of drug-likeness (QED) is 0.649. The van der Waals surface area contributed by atoms with Crippen LogP contribution in [0.15, 0.2) is 18.2 Å². The van der Waals surface area contributed by atoms with Crippen LogP contribution in [0.3, 0.4) is 0 Å². The summed E-state index contributed by atoms with van der Waals surface area (Å²) < 4.78 is 0. The summed E-state index contributed by atoms with van der Waals surface area (Å²) in [6.07, 6.45) is 0. The van der Waals surface area contributed by atoms with Crippen LogP contribution in [-0.4, -0.2) is 0 Å². The van der Waals surface area contributed by atoms with Crippen LogP contribution in [0.2, 0.25) is 5.02 Å². The molecule has 0 bridgehead atoms. The maximum absolute atomic E-state index is 8.66. The molecular formula is C10H10ClN. The molecule has 0 spiro atoms. The fraction of sp³-hybridized carbons (Fsp3) is 0.300. The monoisotopic (exact) mass is 179 g/mol. The van der Waals surface area contributed by atoms with Crippen LogP contribution in [0.4, 0.5) is 0 Å². The third-order valence-electron chi connectivity index (χ3n) is 1.89. The first-order valence-corrected chi connectivity index (χ1v) is 4.18. The highest BCUT2D eigenvalue weighted by Crippen LogP contribution is 2.21. The summed E-state index contributed by atoms with van der Waals surface area (Å²) in [4.78, 5) is 0. The molecule has 0 fully saturated rings. The molecule has 0 amide bonds. The summed E-state index contributed by atoms with van der Waals surface area (Å²) in [6, 6.07) is 7.90. The Kier molecular flexibility index (Phi) is 2.73. The van der Waals surface area contributed by atoms with E-state index in [4.69, 9.17) is 16.9 Å². The molecule has 0 saturated heterocycles. The average Bonchev–Trinajstić information content (AvgIpc) is 2.08. The van der Waals surface area contributed by atoms with Crippen molar-refractivity contribution < 1.29 is 0 Å². The first kappa shape index (κ1) is 9.09. The fourth-order valence-corrected chi connectivity index (χ4v) is 1.14. The van der Waals surface area contributed by atoms with Crippen LogP contribution in [0.25, 0.3) is 0 Å². The van der Waals surface area contributed by atoms with Gasteiger partial charge in [-0.15, -0.1) is 0 Å². The smallest absolute Gasteiger partial charge is 0.0700 e. The van der Waals surface area contributed by atoms with E-state index in [0.29, 0.717) is 0 Å². The number of halogens is 1. The van der Waals surface area contributed by atoms with Gasteiger partial charge in [-0.2, -0.15) is 5.26 Å². The molecule has 1 rings (SSSR count). The van der Waals surface area contributed by atoms with E-state index in [1.54, 1.807) is 0 Å². The Morgan fingerprint density at radius 3 is 2.67 bits per heavy atom. The van der Waals surface area contributed by atoms with Gasteiger partial charge in [0, 0.05) is 5.02 Å². The minimum Gasteiger partial charge on any atom is -0.198 e. The zero-order valence-electron chi connectivity index (χ0n) is 7.13. The fourth-order valence-electron chi connectivity index (χ4n) is 0.953. The second-order valence-electron chi connectivity index (χ2n) is 2.86. The van der Waals surface area contributed by atoms with Crippen molar-refractivity contribution in [1.29, 1.82) is 5.26 Å². The molecule has 0 heterocycles. The molecule has 0 aliphatic carbocycles. The van der Waals surface area contributed by atoms with Crippen molar-refractivity contribution in [3.8, 4) is 6.07 Å². The average molecular weight is 180 g/mol. The van der Waals surface area contributed by atoms with Gasteiger partial charge in [-0.25, -0.2) is 0 Å². The summed E-state index contributed by atoms with van der Waals surface area (Å²) >= 11 is 5.91. The molecule has 1 atom stereocenters. The highest BCUT2D eigenvalue weighted by Gasteiger charge is 2.04. The van der Waals surface area contributed by atoms with E-state index in [1.165, 1.54) is 0 Å². The van der Waals surface area contributed by atoms with Crippen LogP contribution in [0.5, 0.6) is 0 Å². The molecule has 1 aromatic carbocycles. The molecular weight excluding hydrogens is 170 g/mol. The van der Waals surface area contributed by atoms with Crippen LogP contribution in [0.1, 0.15) is 24.0 Å². The minimum absolute atomic E-state index is 0.0805. The van der Waals surface area contributed by atoms with E-state index >= 15 is 0 Å². The normalized spacial score (nSPS) is 12.2. The van der Waals surface area contributed by atoms with Gasteiger partial charge in [-0.3, -0.25) is 0 Å². The molecule has 62 valence electrons. The van der Waals surface area contributed by atoms with Gasteiger partial charge in [-0.05, 0) is 31.0 Å². The SMILES string of the molecule is Cc1ccc(C(C)C#N)cc1Cl. The third-order valence-corrected chi connectivity index (χ3v) is 2.30. The third kappa shape index (κ3) is 1.78. The lowest BCUT2D eigenvalue weighted by atomic mass is 10.0. The van der Waals surface area contributed by atoms with Gasteiger partial charge in [0.05, 0.1) is 12.0 Å². The Labute approximate surface area is 77.6 Å². The second-order valence-corrected chi connectivity index (χ2v) is 3.27. The van der Waals surface area contributed by atoms with Gasteiger partial charge in [0.2, 0.25) is 0 Å². The maximum Gasteiger partial charge on any atom is 0.0700 e. The van der Waals surface area contributed by atoms with E-state index < -0.39 is 0 Å². The summed E-state index contributed by atoms with van der Waals surface area (Å²) in [7, 11) is 0. The van der Waals surface area contributed by atoms with Crippen molar-refractivity contribution in [3.63, 3.8) is 0 Å². The lowest BCUT2D eigenvalue weighted by Crippen LogP contribution is -1.89. The van der Waals surface area contributed by atoms with E-state index in [1.807, 2.05) is 32.0 Å².